The Kier molecular flexibility index (Phi) is 19.2. The second kappa shape index (κ2) is 31.5. The van der Waals surface area contributed by atoms with Gasteiger partial charge in [0.15, 0.2) is 0 Å². The summed E-state index contributed by atoms with van der Waals surface area (Å²) in [4.78, 5) is 9.26. The van der Waals surface area contributed by atoms with E-state index in [0.29, 0.717) is 0 Å². The van der Waals surface area contributed by atoms with Crippen LogP contribution in [-0.4, -0.2) is 0 Å². The zero-order valence-electron chi connectivity index (χ0n) is 62.8. The summed E-state index contributed by atoms with van der Waals surface area (Å²) in [7, 11) is 0. The number of anilines is 12. The zero-order chi connectivity index (χ0) is 75.9. The molecule has 0 radical (unpaired) electrons. The maximum atomic E-state index is 2.34. The highest BCUT2D eigenvalue weighted by Gasteiger charge is 2.23. The zero-order valence-corrected chi connectivity index (χ0v) is 62.8. The third kappa shape index (κ3) is 13.7. The van der Waals surface area contributed by atoms with E-state index in [1.54, 1.807) is 0 Å². The topological polar surface area (TPSA) is 13.0 Å². The third-order valence-electron chi connectivity index (χ3n) is 21.8. The highest BCUT2D eigenvalue weighted by atomic mass is 15.2. The van der Waals surface area contributed by atoms with Crippen molar-refractivity contribution in [1.82, 2.24) is 0 Å². The Hall–Kier alpha value is -15.1. The van der Waals surface area contributed by atoms with Gasteiger partial charge in [0, 0.05) is 68.2 Å². The van der Waals surface area contributed by atoms with Crippen LogP contribution in [0.3, 0.4) is 0 Å². The Morgan fingerprint density at radius 2 is 0.272 bits per heavy atom. The molecule has 20 aromatic rings. The van der Waals surface area contributed by atoms with Gasteiger partial charge in [0.2, 0.25) is 0 Å². The van der Waals surface area contributed by atoms with Gasteiger partial charge in [-0.25, -0.2) is 0 Å². The van der Waals surface area contributed by atoms with Crippen molar-refractivity contribution in [3.05, 3.63) is 473 Å². The first kappa shape index (κ1) is 69.4. The molecule has 20 rings (SSSR count). The van der Waals surface area contributed by atoms with Crippen molar-refractivity contribution in [3.8, 4) is 55.6 Å². The molecule has 0 aliphatic heterocycles. The number of benzene rings is 20. The molecule has 4 heteroatoms. The molecule has 0 fully saturated rings. The highest BCUT2D eigenvalue weighted by molar-refractivity contribution is 6.23. The van der Waals surface area contributed by atoms with Crippen molar-refractivity contribution in [2.45, 2.75) is 0 Å². The van der Waals surface area contributed by atoms with E-state index in [-0.39, 0.29) is 0 Å². The van der Waals surface area contributed by atoms with E-state index < -0.39 is 0 Å². The van der Waals surface area contributed by atoms with E-state index in [9.17, 15) is 0 Å². The molecule has 0 heterocycles. The second-order valence-corrected chi connectivity index (χ2v) is 28.7. The predicted molar refractivity (Wildman–Crippen MR) is 486 cm³/mol. The summed E-state index contributed by atoms with van der Waals surface area (Å²) in [5.41, 5.74) is 25.5. The van der Waals surface area contributed by atoms with Crippen molar-refractivity contribution < 1.29 is 0 Å². The molecule has 0 aromatic heterocycles. The first-order chi connectivity index (χ1) is 56.6. The Balaban J connectivity index is 0.000000153. The van der Waals surface area contributed by atoms with Crippen LogP contribution >= 0.6 is 0 Å². The lowest BCUT2D eigenvalue weighted by molar-refractivity contribution is 1.26. The molecular weight excluding hydrogens is 1380 g/mol. The van der Waals surface area contributed by atoms with E-state index in [1.165, 1.54) is 109 Å². The van der Waals surface area contributed by atoms with Crippen molar-refractivity contribution in [2.24, 2.45) is 0 Å². The standard InChI is InChI=1S/C56H40N2.C54H38N2/c1-5-17-41(18-6-1)42-29-31-43(32-30-42)55-51-25-13-15-27-53(51)56(54-28-16-14-26-52(54)55)44-33-35-48(36-34-44)58(47-23-11-4-12-24-47)50-39-37-49(38-40-50)57(45-19-7-2-8-20-45)46-21-9-3-10-22-46;1-4-18-43(19-5-1)55(44-20-6-2-7-21-44)47-34-36-48(37-35-47)56(45-22-8-3-9-23-45)46-32-30-40(31-33-46)53-49-24-12-14-26-51(49)54(52-27-15-13-25-50(52)53)42-29-28-39-16-10-11-17-41(39)38-42/h1-40H;1-38H. The van der Waals surface area contributed by atoms with Crippen LogP contribution in [-0.2, 0) is 0 Å². The molecule has 0 atom stereocenters. The van der Waals surface area contributed by atoms with Crippen LogP contribution in [0.1, 0.15) is 0 Å². The number of rotatable bonds is 17. The molecule has 0 spiro atoms. The van der Waals surface area contributed by atoms with Gasteiger partial charge in [0.05, 0.1) is 0 Å². The molecule has 0 bridgehead atoms. The van der Waals surface area contributed by atoms with Crippen molar-refractivity contribution in [3.63, 3.8) is 0 Å². The highest BCUT2D eigenvalue weighted by Crippen LogP contribution is 2.49. The summed E-state index contributed by atoms with van der Waals surface area (Å²) >= 11 is 0. The lowest BCUT2D eigenvalue weighted by Crippen LogP contribution is -2.12. The summed E-state index contributed by atoms with van der Waals surface area (Å²) in [6.45, 7) is 0. The molecular formula is C110H78N4. The summed E-state index contributed by atoms with van der Waals surface area (Å²) in [6, 6.07) is 170. The molecule has 0 saturated carbocycles. The van der Waals surface area contributed by atoms with Crippen LogP contribution in [0.5, 0.6) is 0 Å². The van der Waals surface area contributed by atoms with Gasteiger partial charge >= 0.3 is 0 Å². The summed E-state index contributed by atoms with van der Waals surface area (Å²) in [5, 5.41) is 12.5. The maximum Gasteiger partial charge on any atom is 0.0463 e. The van der Waals surface area contributed by atoms with Crippen LogP contribution in [0.25, 0.3) is 109 Å². The number of fused-ring (bicyclic) bond motifs is 5. The van der Waals surface area contributed by atoms with E-state index in [0.717, 1.165) is 68.2 Å². The van der Waals surface area contributed by atoms with E-state index in [1.807, 2.05) is 0 Å². The van der Waals surface area contributed by atoms with Crippen LogP contribution in [0.15, 0.2) is 473 Å². The van der Waals surface area contributed by atoms with Crippen molar-refractivity contribution >= 4 is 122 Å². The van der Waals surface area contributed by atoms with Crippen LogP contribution in [0.4, 0.5) is 68.2 Å². The minimum atomic E-state index is 1.09. The van der Waals surface area contributed by atoms with E-state index in [4.69, 9.17) is 0 Å². The fourth-order valence-corrected chi connectivity index (χ4v) is 16.6. The SMILES string of the molecule is c1ccc(-c2ccc(-c3c4ccccc4c(-c4ccc(N(c5ccccc5)c5ccc(N(c6ccccc6)c6ccccc6)cc5)cc4)c4ccccc34)cc2)cc1.c1ccc(N(c2ccccc2)c2ccc(N(c3ccccc3)c3ccc(-c4c5ccccc5c(-c5ccc6ccccc6c5)c5ccccc45)cc3)cc2)cc1. The first-order valence-corrected chi connectivity index (χ1v) is 39.0. The van der Waals surface area contributed by atoms with Crippen LogP contribution in [0, 0.1) is 0 Å². The molecule has 4 nitrogen and oxygen atoms in total. The molecule has 538 valence electrons. The average Bonchev–Trinajstić information content (AvgIpc) is 0.737. The molecule has 0 saturated heterocycles. The molecule has 0 aliphatic rings. The van der Waals surface area contributed by atoms with Gasteiger partial charge in [-0.15, -0.1) is 0 Å². The molecule has 0 unspecified atom stereocenters. The Morgan fingerprint density at radius 1 is 0.105 bits per heavy atom. The summed E-state index contributed by atoms with van der Waals surface area (Å²) in [5.74, 6) is 0. The average molecular weight is 1460 g/mol. The van der Waals surface area contributed by atoms with Gasteiger partial charge in [-0.3, -0.25) is 0 Å². The molecule has 114 heavy (non-hydrogen) atoms. The van der Waals surface area contributed by atoms with Crippen LogP contribution < -0.4 is 19.6 Å². The monoisotopic (exact) mass is 1450 g/mol. The first-order valence-electron chi connectivity index (χ1n) is 39.0. The number of hydrogen-bond donors (Lipinski definition) is 0. The predicted octanol–water partition coefficient (Wildman–Crippen LogP) is 31.4. The maximum absolute atomic E-state index is 2.34. The molecule has 0 N–H and O–H groups in total. The van der Waals surface area contributed by atoms with E-state index >= 15 is 0 Å². The lowest BCUT2D eigenvalue weighted by Gasteiger charge is -2.28. The number of para-hydroxylation sites is 6. The number of nitrogens with zero attached hydrogens (tertiary/aromatic N) is 4. The molecule has 0 aliphatic carbocycles. The Labute approximate surface area is 666 Å². The van der Waals surface area contributed by atoms with E-state index in [2.05, 4.69) is 493 Å². The molecule has 0 amide bonds. The minimum Gasteiger partial charge on any atom is -0.311 e. The largest absolute Gasteiger partial charge is 0.311 e. The quantitative estimate of drug-likeness (QED) is 0.0843. The molecule has 20 aromatic carbocycles. The van der Waals surface area contributed by atoms with Gasteiger partial charge in [0.25, 0.3) is 0 Å². The smallest absolute Gasteiger partial charge is 0.0463 e. The number of hydrogen-bond acceptors (Lipinski definition) is 4. The second-order valence-electron chi connectivity index (χ2n) is 28.7. The van der Waals surface area contributed by atoms with Crippen molar-refractivity contribution in [2.75, 3.05) is 19.6 Å². The normalized spacial score (nSPS) is 11.2. The van der Waals surface area contributed by atoms with Crippen LogP contribution in [0.2, 0.25) is 0 Å². The van der Waals surface area contributed by atoms with Gasteiger partial charge in [0.1, 0.15) is 0 Å². The van der Waals surface area contributed by atoms with Crippen molar-refractivity contribution in [1.29, 1.82) is 0 Å². The van der Waals surface area contributed by atoms with Gasteiger partial charge in [-0.2, -0.15) is 0 Å². The minimum absolute atomic E-state index is 1.09. The Morgan fingerprint density at radius 3 is 0.535 bits per heavy atom. The summed E-state index contributed by atoms with van der Waals surface area (Å²) in [6.07, 6.45) is 0. The Bertz CT molecular complexity index is 6520. The van der Waals surface area contributed by atoms with Gasteiger partial charge in [-0.05, 0) is 261 Å². The van der Waals surface area contributed by atoms with Gasteiger partial charge in [-0.1, -0.05) is 322 Å². The fraction of sp³-hybridized carbons (Fsp3) is 0. The van der Waals surface area contributed by atoms with Gasteiger partial charge < -0.3 is 19.6 Å². The summed E-state index contributed by atoms with van der Waals surface area (Å²) < 4.78 is 0. The third-order valence-corrected chi connectivity index (χ3v) is 21.8. The lowest BCUT2D eigenvalue weighted by atomic mass is 9.85. The fourth-order valence-electron chi connectivity index (χ4n) is 16.6.